The second kappa shape index (κ2) is 7.76. The lowest BCUT2D eigenvalue weighted by molar-refractivity contribution is 0.0918. The van der Waals surface area contributed by atoms with Crippen molar-refractivity contribution in [1.82, 2.24) is 10.2 Å². The van der Waals surface area contributed by atoms with E-state index in [0.717, 1.165) is 23.6 Å². The predicted octanol–water partition coefficient (Wildman–Crippen LogP) is 3.08. The summed E-state index contributed by atoms with van der Waals surface area (Å²) in [5, 5.41) is 4.49. The van der Waals surface area contributed by atoms with Crippen LogP contribution in [0.25, 0.3) is 0 Å². The highest BCUT2D eigenvalue weighted by molar-refractivity contribution is 7.99. The molecular formula is C15H32N2S. The summed E-state index contributed by atoms with van der Waals surface area (Å²) in [6, 6.07) is 1.39. The Kier molecular flexibility index (Phi) is 7.04. The normalized spacial score (nSPS) is 26.5. The van der Waals surface area contributed by atoms with Crippen LogP contribution in [0.4, 0.5) is 0 Å². The minimum absolute atomic E-state index is 0.670. The van der Waals surface area contributed by atoms with E-state index >= 15 is 0 Å². The maximum absolute atomic E-state index is 3.73. The first-order chi connectivity index (χ1) is 8.41. The van der Waals surface area contributed by atoms with Crippen molar-refractivity contribution in [2.24, 2.45) is 11.8 Å². The molecule has 0 bridgehead atoms. The fraction of sp³-hybridized carbons (Fsp3) is 1.00. The van der Waals surface area contributed by atoms with Gasteiger partial charge in [0.25, 0.3) is 0 Å². The standard InChI is InChI=1S/C15H32N2S/c1-11(2)14-10-17(7-8-18-13(5)6)15(9-16-14)12(3)4/h11-16H,7-10H2,1-6H3. The fourth-order valence-corrected chi connectivity index (χ4v) is 3.43. The van der Waals surface area contributed by atoms with Gasteiger partial charge in [-0.3, -0.25) is 4.90 Å². The number of nitrogens with one attached hydrogen (secondary N) is 1. The van der Waals surface area contributed by atoms with Gasteiger partial charge in [0.2, 0.25) is 0 Å². The van der Waals surface area contributed by atoms with Gasteiger partial charge in [-0.2, -0.15) is 11.8 Å². The van der Waals surface area contributed by atoms with Crippen LogP contribution in [0, 0.1) is 11.8 Å². The first kappa shape index (κ1) is 16.3. The molecule has 1 aliphatic rings. The molecule has 1 rings (SSSR count). The highest BCUT2D eigenvalue weighted by Crippen LogP contribution is 2.19. The smallest absolute Gasteiger partial charge is 0.0244 e. The monoisotopic (exact) mass is 272 g/mol. The third-order valence-electron chi connectivity index (χ3n) is 3.89. The van der Waals surface area contributed by atoms with Gasteiger partial charge in [0.05, 0.1) is 0 Å². The van der Waals surface area contributed by atoms with Gasteiger partial charge in [-0.25, -0.2) is 0 Å². The highest BCUT2D eigenvalue weighted by atomic mass is 32.2. The van der Waals surface area contributed by atoms with Gasteiger partial charge in [-0.15, -0.1) is 0 Å². The molecule has 0 aliphatic carbocycles. The zero-order valence-corrected chi connectivity index (χ0v) is 13.9. The van der Waals surface area contributed by atoms with Gasteiger partial charge in [-0.1, -0.05) is 41.5 Å². The lowest BCUT2D eigenvalue weighted by Gasteiger charge is -2.43. The summed E-state index contributed by atoms with van der Waals surface area (Å²) < 4.78 is 0. The van der Waals surface area contributed by atoms with Crippen LogP contribution in [0.5, 0.6) is 0 Å². The van der Waals surface area contributed by atoms with Crippen molar-refractivity contribution in [3.8, 4) is 0 Å². The van der Waals surface area contributed by atoms with E-state index in [1.807, 2.05) is 0 Å². The maximum atomic E-state index is 3.73. The topological polar surface area (TPSA) is 15.3 Å². The van der Waals surface area contributed by atoms with Crippen LogP contribution >= 0.6 is 11.8 Å². The van der Waals surface area contributed by atoms with Crippen LogP contribution in [0.2, 0.25) is 0 Å². The fourth-order valence-electron chi connectivity index (χ4n) is 2.62. The lowest BCUT2D eigenvalue weighted by Crippen LogP contribution is -2.60. The lowest BCUT2D eigenvalue weighted by atomic mass is 9.94. The Morgan fingerprint density at radius 2 is 1.78 bits per heavy atom. The zero-order chi connectivity index (χ0) is 13.7. The van der Waals surface area contributed by atoms with Crippen molar-refractivity contribution in [3.63, 3.8) is 0 Å². The Bertz CT molecular complexity index is 229. The molecule has 2 nitrogen and oxygen atoms in total. The summed E-state index contributed by atoms with van der Waals surface area (Å²) in [5.74, 6) is 2.75. The zero-order valence-electron chi connectivity index (χ0n) is 13.1. The molecule has 0 aromatic rings. The Balaban J connectivity index is 2.49. The number of nitrogens with zero attached hydrogens (tertiary/aromatic N) is 1. The van der Waals surface area contributed by atoms with E-state index in [2.05, 4.69) is 63.5 Å². The Morgan fingerprint density at radius 1 is 1.11 bits per heavy atom. The van der Waals surface area contributed by atoms with E-state index in [1.54, 1.807) is 0 Å². The van der Waals surface area contributed by atoms with E-state index in [0.29, 0.717) is 12.1 Å². The molecule has 18 heavy (non-hydrogen) atoms. The Morgan fingerprint density at radius 3 is 2.28 bits per heavy atom. The molecule has 108 valence electrons. The van der Waals surface area contributed by atoms with Crippen molar-refractivity contribution < 1.29 is 0 Å². The average molecular weight is 273 g/mol. The van der Waals surface area contributed by atoms with Crippen molar-refractivity contribution in [2.45, 2.75) is 58.9 Å². The van der Waals surface area contributed by atoms with Crippen LogP contribution in [0.1, 0.15) is 41.5 Å². The molecule has 1 fully saturated rings. The summed E-state index contributed by atoms with van der Waals surface area (Å²) in [6.45, 7) is 17.6. The van der Waals surface area contributed by atoms with Gasteiger partial charge in [-0.05, 0) is 17.1 Å². The number of rotatable bonds is 6. The van der Waals surface area contributed by atoms with Crippen molar-refractivity contribution >= 4 is 11.8 Å². The number of hydrogen-bond acceptors (Lipinski definition) is 3. The van der Waals surface area contributed by atoms with Crippen LogP contribution in [0.15, 0.2) is 0 Å². The average Bonchev–Trinajstić information content (AvgIpc) is 2.27. The molecule has 1 heterocycles. The molecule has 1 N–H and O–H groups in total. The van der Waals surface area contributed by atoms with E-state index in [-0.39, 0.29) is 0 Å². The summed E-state index contributed by atoms with van der Waals surface area (Å²) >= 11 is 2.09. The third-order valence-corrected chi connectivity index (χ3v) is 4.98. The largest absolute Gasteiger partial charge is 0.311 e. The van der Waals surface area contributed by atoms with E-state index in [9.17, 15) is 0 Å². The summed E-state index contributed by atoms with van der Waals surface area (Å²) in [6.07, 6.45) is 0. The molecule has 3 heteroatoms. The molecule has 0 saturated carbocycles. The molecule has 2 atom stereocenters. The van der Waals surface area contributed by atoms with Crippen LogP contribution in [-0.4, -0.2) is 47.6 Å². The first-order valence-electron chi connectivity index (χ1n) is 7.50. The molecule has 1 saturated heterocycles. The maximum Gasteiger partial charge on any atom is 0.0244 e. The van der Waals surface area contributed by atoms with Crippen LogP contribution in [-0.2, 0) is 0 Å². The summed E-state index contributed by atoms with van der Waals surface area (Å²) in [5.41, 5.74) is 0. The molecular weight excluding hydrogens is 240 g/mol. The van der Waals surface area contributed by atoms with E-state index < -0.39 is 0 Å². The van der Waals surface area contributed by atoms with E-state index in [4.69, 9.17) is 0 Å². The van der Waals surface area contributed by atoms with Gasteiger partial charge < -0.3 is 5.32 Å². The van der Waals surface area contributed by atoms with Crippen LogP contribution in [0.3, 0.4) is 0 Å². The second-order valence-corrected chi connectivity index (χ2v) is 8.17. The highest BCUT2D eigenvalue weighted by Gasteiger charge is 2.30. The SMILES string of the molecule is CC(C)SCCN1CC(C(C)C)NCC1C(C)C. The van der Waals surface area contributed by atoms with Gasteiger partial charge >= 0.3 is 0 Å². The van der Waals surface area contributed by atoms with Gasteiger partial charge in [0, 0.05) is 37.5 Å². The van der Waals surface area contributed by atoms with E-state index in [1.165, 1.54) is 18.8 Å². The minimum atomic E-state index is 0.670. The Labute approximate surface area is 118 Å². The Hall–Kier alpha value is 0.270. The van der Waals surface area contributed by atoms with Crippen molar-refractivity contribution in [3.05, 3.63) is 0 Å². The molecule has 0 spiro atoms. The summed E-state index contributed by atoms with van der Waals surface area (Å²) in [4.78, 5) is 2.72. The molecule has 0 radical (unpaired) electrons. The van der Waals surface area contributed by atoms with Gasteiger partial charge in [0.1, 0.15) is 0 Å². The number of hydrogen-bond donors (Lipinski definition) is 1. The second-order valence-electron chi connectivity index (χ2n) is 6.48. The van der Waals surface area contributed by atoms with Gasteiger partial charge in [0.15, 0.2) is 0 Å². The quantitative estimate of drug-likeness (QED) is 0.800. The molecule has 1 aliphatic heterocycles. The molecule has 2 unspecified atom stereocenters. The molecule has 0 aromatic carbocycles. The number of piperazine rings is 1. The third kappa shape index (κ3) is 5.10. The van der Waals surface area contributed by atoms with Crippen LogP contribution < -0.4 is 5.32 Å². The summed E-state index contributed by atoms with van der Waals surface area (Å²) in [7, 11) is 0. The number of thioether (sulfide) groups is 1. The minimum Gasteiger partial charge on any atom is -0.311 e. The molecule has 0 aromatic heterocycles. The van der Waals surface area contributed by atoms with Crippen molar-refractivity contribution in [2.75, 3.05) is 25.4 Å². The van der Waals surface area contributed by atoms with Crippen molar-refractivity contribution in [1.29, 1.82) is 0 Å². The molecule has 0 amide bonds. The predicted molar refractivity (Wildman–Crippen MR) is 84.4 cm³/mol. The first-order valence-corrected chi connectivity index (χ1v) is 8.55.